The number of ether oxygens (including phenoxy) is 1. The van der Waals surface area contributed by atoms with Crippen LogP contribution < -0.4 is 10.1 Å². The lowest BCUT2D eigenvalue weighted by Crippen LogP contribution is -2.39. The smallest absolute Gasteiger partial charge is 0.320 e. The molecule has 1 aromatic rings. The van der Waals surface area contributed by atoms with Gasteiger partial charge in [0.15, 0.2) is 0 Å². The monoisotopic (exact) mass is 279 g/mol. The molecule has 1 rings (SSSR count). The number of rotatable bonds is 7. The molecule has 2 N–H and O–H groups in total. The fourth-order valence-corrected chi connectivity index (χ4v) is 2.28. The van der Waals surface area contributed by atoms with Gasteiger partial charge in [0.2, 0.25) is 0 Å². The normalized spacial score (nSPS) is 14.1. The predicted molar refractivity (Wildman–Crippen MR) is 80.2 cm³/mol. The van der Waals surface area contributed by atoms with Gasteiger partial charge in [0.1, 0.15) is 11.8 Å². The third-order valence-electron chi connectivity index (χ3n) is 3.31. The van der Waals surface area contributed by atoms with E-state index < -0.39 is 12.0 Å². The van der Waals surface area contributed by atoms with E-state index in [4.69, 9.17) is 4.74 Å². The molecule has 0 aliphatic heterocycles. The van der Waals surface area contributed by atoms with Gasteiger partial charge in [-0.2, -0.15) is 0 Å². The first-order chi connectivity index (χ1) is 9.35. The molecule has 0 saturated carbocycles. The van der Waals surface area contributed by atoms with E-state index in [1.54, 1.807) is 7.11 Å². The van der Waals surface area contributed by atoms with Crippen LogP contribution in [0.1, 0.15) is 44.4 Å². The van der Waals surface area contributed by atoms with Crippen molar-refractivity contribution in [2.24, 2.45) is 5.92 Å². The largest absolute Gasteiger partial charge is 0.496 e. The molecule has 20 heavy (non-hydrogen) atoms. The Morgan fingerprint density at radius 3 is 2.50 bits per heavy atom. The van der Waals surface area contributed by atoms with Crippen molar-refractivity contribution in [3.8, 4) is 5.75 Å². The number of aliphatic carboxylic acids is 1. The summed E-state index contributed by atoms with van der Waals surface area (Å²) < 4.78 is 5.38. The van der Waals surface area contributed by atoms with Gasteiger partial charge < -0.3 is 9.84 Å². The Morgan fingerprint density at radius 2 is 2.00 bits per heavy atom. The van der Waals surface area contributed by atoms with Gasteiger partial charge in [-0.05, 0) is 37.8 Å². The molecule has 112 valence electrons. The Morgan fingerprint density at radius 1 is 1.35 bits per heavy atom. The number of carboxylic acids is 1. The van der Waals surface area contributed by atoms with Gasteiger partial charge in [0.05, 0.1) is 7.11 Å². The Labute approximate surface area is 121 Å². The van der Waals surface area contributed by atoms with Gasteiger partial charge in [-0.15, -0.1) is 0 Å². The first-order valence-electron chi connectivity index (χ1n) is 6.98. The van der Waals surface area contributed by atoms with E-state index in [0.29, 0.717) is 12.3 Å². The second kappa shape index (κ2) is 7.29. The van der Waals surface area contributed by atoms with Crippen LogP contribution in [0.5, 0.6) is 5.75 Å². The third kappa shape index (κ3) is 4.53. The summed E-state index contributed by atoms with van der Waals surface area (Å²) in [6, 6.07) is 5.33. The number of nitrogens with one attached hydrogen (secondary N) is 1. The Bertz CT molecular complexity index is 457. The van der Waals surface area contributed by atoms with E-state index in [0.717, 1.165) is 16.9 Å². The van der Waals surface area contributed by atoms with Gasteiger partial charge in [-0.1, -0.05) is 26.0 Å². The number of aryl methyl sites for hydroxylation is 1. The van der Waals surface area contributed by atoms with E-state index in [-0.39, 0.29) is 6.04 Å². The maximum Gasteiger partial charge on any atom is 0.320 e. The van der Waals surface area contributed by atoms with Crippen molar-refractivity contribution in [1.29, 1.82) is 0 Å². The molecule has 4 nitrogen and oxygen atoms in total. The lowest BCUT2D eigenvalue weighted by molar-refractivity contribution is -0.140. The molecular formula is C16H25NO3. The zero-order chi connectivity index (χ0) is 15.3. The van der Waals surface area contributed by atoms with Crippen LogP contribution in [-0.2, 0) is 4.79 Å². The summed E-state index contributed by atoms with van der Waals surface area (Å²) in [6.45, 7) is 8.01. The van der Waals surface area contributed by atoms with Crippen LogP contribution in [0.3, 0.4) is 0 Å². The van der Waals surface area contributed by atoms with E-state index in [1.165, 1.54) is 0 Å². The van der Waals surface area contributed by atoms with E-state index in [1.807, 2.05) is 45.9 Å². The van der Waals surface area contributed by atoms with Crippen molar-refractivity contribution in [2.45, 2.75) is 46.2 Å². The number of carboxylic acid groups (broad SMARTS) is 1. The zero-order valence-corrected chi connectivity index (χ0v) is 12.9. The standard InChI is InChI=1S/C16H25NO3/c1-10(2)8-14(16(18)19)17-12(4)13-7-6-11(3)9-15(13)20-5/h6-7,9-10,12,14,17H,8H2,1-5H3,(H,18,19). The first kappa shape index (κ1) is 16.5. The molecule has 0 fully saturated rings. The summed E-state index contributed by atoms with van der Waals surface area (Å²) >= 11 is 0. The molecular weight excluding hydrogens is 254 g/mol. The minimum atomic E-state index is -0.809. The summed E-state index contributed by atoms with van der Waals surface area (Å²) in [6.07, 6.45) is 0.605. The summed E-state index contributed by atoms with van der Waals surface area (Å²) in [4.78, 5) is 11.3. The molecule has 0 radical (unpaired) electrons. The van der Waals surface area contributed by atoms with Gasteiger partial charge in [-0.25, -0.2) is 0 Å². The second-order valence-electron chi connectivity index (χ2n) is 5.65. The van der Waals surface area contributed by atoms with Gasteiger partial charge >= 0.3 is 5.97 Å². The minimum Gasteiger partial charge on any atom is -0.496 e. The molecule has 2 unspecified atom stereocenters. The summed E-state index contributed by atoms with van der Waals surface area (Å²) in [7, 11) is 1.63. The van der Waals surface area contributed by atoms with Crippen LogP contribution >= 0.6 is 0 Å². The van der Waals surface area contributed by atoms with Gasteiger partial charge in [-0.3, -0.25) is 10.1 Å². The van der Waals surface area contributed by atoms with Crippen molar-refractivity contribution in [1.82, 2.24) is 5.32 Å². The summed E-state index contributed by atoms with van der Waals surface area (Å²) in [5.74, 6) is 0.311. The fourth-order valence-electron chi connectivity index (χ4n) is 2.28. The number of hydrogen-bond donors (Lipinski definition) is 2. The van der Waals surface area contributed by atoms with E-state index in [9.17, 15) is 9.90 Å². The SMILES string of the molecule is COc1cc(C)ccc1C(C)NC(CC(C)C)C(=O)O. The highest BCUT2D eigenvalue weighted by Crippen LogP contribution is 2.26. The number of benzene rings is 1. The van der Waals surface area contributed by atoms with Crippen molar-refractivity contribution in [3.05, 3.63) is 29.3 Å². The Balaban J connectivity index is 2.88. The van der Waals surface area contributed by atoms with Crippen LogP contribution in [0.25, 0.3) is 0 Å². The van der Waals surface area contributed by atoms with E-state index in [2.05, 4.69) is 5.32 Å². The fraction of sp³-hybridized carbons (Fsp3) is 0.562. The molecule has 0 saturated heterocycles. The van der Waals surface area contributed by atoms with Crippen LogP contribution in [0.4, 0.5) is 0 Å². The number of hydrogen-bond acceptors (Lipinski definition) is 3. The molecule has 1 aromatic carbocycles. The topological polar surface area (TPSA) is 58.6 Å². The highest BCUT2D eigenvalue weighted by Gasteiger charge is 2.22. The maximum absolute atomic E-state index is 11.3. The van der Waals surface area contributed by atoms with Gasteiger partial charge in [0, 0.05) is 11.6 Å². The third-order valence-corrected chi connectivity index (χ3v) is 3.31. The summed E-state index contributed by atoms with van der Waals surface area (Å²) in [5, 5.41) is 12.5. The van der Waals surface area contributed by atoms with Crippen LogP contribution in [0.2, 0.25) is 0 Å². The average molecular weight is 279 g/mol. The molecule has 0 spiro atoms. The first-order valence-corrected chi connectivity index (χ1v) is 6.98. The average Bonchev–Trinajstić information content (AvgIpc) is 2.36. The quantitative estimate of drug-likeness (QED) is 0.805. The van der Waals surface area contributed by atoms with Crippen LogP contribution in [0, 0.1) is 12.8 Å². The molecule has 0 aromatic heterocycles. The number of methoxy groups -OCH3 is 1. The van der Waals surface area contributed by atoms with Crippen LogP contribution in [0.15, 0.2) is 18.2 Å². The minimum absolute atomic E-state index is 0.0783. The van der Waals surface area contributed by atoms with E-state index >= 15 is 0 Å². The highest BCUT2D eigenvalue weighted by atomic mass is 16.5. The van der Waals surface area contributed by atoms with Crippen molar-refractivity contribution in [2.75, 3.05) is 7.11 Å². The molecule has 0 amide bonds. The van der Waals surface area contributed by atoms with Crippen molar-refractivity contribution >= 4 is 5.97 Å². The lowest BCUT2D eigenvalue weighted by atomic mass is 10.00. The number of carbonyl (C=O) groups is 1. The Hall–Kier alpha value is -1.55. The molecule has 0 heterocycles. The molecule has 0 aliphatic rings. The molecule has 2 atom stereocenters. The summed E-state index contributed by atoms with van der Waals surface area (Å²) in [5.41, 5.74) is 2.10. The molecule has 0 aliphatic carbocycles. The maximum atomic E-state index is 11.3. The van der Waals surface area contributed by atoms with Crippen LogP contribution in [-0.4, -0.2) is 24.2 Å². The molecule has 4 heteroatoms. The predicted octanol–water partition coefficient (Wildman–Crippen LogP) is 3.15. The van der Waals surface area contributed by atoms with Crippen molar-refractivity contribution in [3.63, 3.8) is 0 Å². The highest BCUT2D eigenvalue weighted by molar-refractivity contribution is 5.73. The van der Waals surface area contributed by atoms with Gasteiger partial charge in [0.25, 0.3) is 0 Å². The zero-order valence-electron chi connectivity index (χ0n) is 12.9. The molecule has 0 bridgehead atoms. The van der Waals surface area contributed by atoms with Crippen molar-refractivity contribution < 1.29 is 14.6 Å². The lowest BCUT2D eigenvalue weighted by Gasteiger charge is -2.23. The Kier molecular flexibility index (Phi) is 6.02. The second-order valence-corrected chi connectivity index (χ2v) is 5.65.